The van der Waals surface area contributed by atoms with Crippen molar-refractivity contribution in [2.45, 2.75) is 12.8 Å². The van der Waals surface area contributed by atoms with Crippen LogP contribution in [0.4, 0.5) is 0 Å². The molecular weight excluding hydrogens is 264 g/mol. The number of hydrogen-bond acceptors (Lipinski definition) is 4. The first-order valence-corrected chi connectivity index (χ1v) is 6.40. The van der Waals surface area contributed by atoms with Crippen LogP contribution in [0.5, 0.6) is 0 Å². The molecule has 1 aliphatic rings. The molecule has 1 atom stereocenters. The number of amides is 2. The molecule has 108 valence electrons. The molecule has 2 amide bonds. The number of nitrogens with one attached hydrogen (secondary N) is 1. The van der Waals surface area contributed by atoms with Gasteiger partial charge in [0.05, 0.1) is 18.7 Å². The van der Waals surface area contributed by atoms with Gasteiger partial charge in [0.2, 0.25) is 5.91 Å². The molecule has 1 fully saturated rings. The number of nitrogens with zero attached hydrogens (tertiary/aromatic N) is 1. The van der Waals surface area contributed by atoms with E-state index in [-0.39, 0.29) is 24.8 Å². The van der Waals surface area contributed by atoms with Crippen molar-refractivity contribution in [1.29, 1.82) is 0 Å². The molecule has 2 heterocycles. The molecule has 1 aromatic rings. The van der Waals surface area contributed by atoms with Crippen molar-refractivity contribution in [2.75, 3.05) is 19.6 Å². The molecule has 0 aromatic carbocycles. The number of piperidine rings is 1. The number of carboxylic acid groups (broad SMARTS) is 1. The van der Waals surface area contributed by atoms with Crippen molar-refractivity contribution in [1.82, 2.24) is 10.2 Å². The number of aliphatic carboxylic acids is 1. The second-order valence-corrected chi connectivity index (χ2v) is 4.68. The fraction of sp³-hybridized carbons (Fsp3) is 0.462. The van der Waals surface area contributed by atoms with Crippen LogP contribution in [-0.2, 0) is 9.59 Å². The Hall–Kier alpha value is -2.31. The Morgan fingerprint density at radius 3 is 2.90 bits per heavy atom. The first-order chi connectivity index (χ1) is 9.58. The molecule has 2 rings (SSSR count). The minimum Gasteiger partial charge on any atom is -0.481 e. The first kappa shape index (κ1) is 14.1. The van der Waals surface area contributed by atoms with Crippen LogP contribution in [0.25, 0.3) is 0 Å². The molecule has 0 bridgehead atoms. The molecule has 0 unspecified atom stereocenters. The molecule has 1 saturated heterocycles. The van der Waals surface area contributed by atoms with Gasteiger partial charge in [0, 0.05) is 13.1 Å². The zero-order chi connectivity index (χ0) is 14.5. The Balaban J connectivity index is 1.82. The molecule has 0 radical (unpaired) electrons. The highest BCUT2D eigenvalue weighted by Crippen LogP contribution is 2.16. The highest BCUT2D eigenvalue weighted by molar-refractivity contribution is 5.94. The van der Waals surface area contributed by atoms with E-state index in [0.29, 0.717) is 19.4 Å². The van der Waals surface area contributed by atoms with Gasteiger partial charge in [-0.2, -0.15) is 0 Å². The average Bonchev–Trinajstić information content (AvgIpc) is 2.98. The lowest BCUT2D eigenvalue weighted by molar-refractivity contribution is -0.145. The zero-order valence-electron chi connectivity index (χ0n) is 10.9. The van der Waals surface area contributed by atoms with Crippen LogP contribution >= 0.6 is 0 Å². The van der Waals surface area contributed by atoms with Gasteiger partial charge < -0.3 is 19.7 Å². The second-order valence-electron chi connectivity index (χ2n) is 4.68. The maximum atomic E-state index is 11.9. The third-order valence-corrected chi connectivity index (χ3v) is 3.27. The van der Waals surface area contributed by atoms with E-state index in [1.165, 1.54) is 17.2 Å². The van der Waals surface area contributed by atoms with Crippen LogP contribution < -0.4 is 5.32 Å². The number of carboxylic acids is 1. The lowest BCUT2D eigenvalue weighted by Crippen LogP contribution is -2.46. The van der Waals surface area contributed by atoms with Crippen molar-refractivity contribution >= 4 is 17.8 Å². The minimum absolute atomic E-state index is 0.139. The number of rotatable bonds is 4. The third-order valence-electron chi connectivity index (χ3n) is 3.27. The maximum Gasteiger partial charge on any atom is 0.308 e. The molecule has 0 aliphatic carbocycles. The van der Waals surface area contributed by atoms with Gasteiger partial charge in [-0.15, -0.1) is 0 Å². The van der Waals surface area contributed by atoms with Crippen LogP contribution in [0.3, 0.4) is 0 Å². The quantitative estimate of drug-likeness (QED) is 0.828. The summed E-state index contributed by atoms with van der Waals surface area (Å²) in [5, 5.41) is 11.4. The summed E-state index contributed by atoms with van der Waals surface area (Å²) in [6, 6.07) is 3.08. The summed E-state index contributed by atoms with van der Waals surface area (Å²) in [4.78, 5) is 35.9. The summed E-state index contributed by atoms with van der Waals surface area (Å²) in [7, 11) is 0. The minimum atomic E-state index is -0.887. The number of carbonyl (C=O) groups is 3. The summed E-state index contributed by atoms with van der Waals surface area (Å²) in [5.41, 5.74) is 0. The van der Waals surface area contributed by atoms with Crippen molar-refractivity contribution in [3.8, 4) is 0 Å². The standard InChI is InChI=1S/C13H16N2O5/c16-11(7-14-12(17)10-4-2-6-20-10)15-5-1-3-9(8-15)13(18)19/h2,4,6,9H,1,3,5,7-8H2,(H,14,17)(H,18,19)/t9-/m0/s1. The van der Waals surface area contributed by atoms with Gasteiger partial charge in [-0.25, -0.2) is 0 Å². The van der Waals surface area contributed by atoms with E-state index in [2.05, 4.69) is 5.32 Å². The SMILES string of the molecule is O=C(NCC(=O)N1CCC[C@H](C(=O)O)C1)c1ccco1. The van der Waals surface area contributed by atoms with Crippen LogP contribution in [0.15, 0.2) is 22.8 Å². The molecule has 1 aliphatic heterocycles. The highest BCUT2D eigenvalue weighted by atomic mass is 16.4. The number of furan rings is 1. The Morgan fingerprint density at radius 2 is 2.25 bits per heavy atom. The van der Waals surface area contributed by atoms with Gasteiger partial charge in [0.25, 0.3) is 5.91 Å². The van der Waals surface area contributed by atoms with Gasteiger partial charge in [-0.3, -0.25) is 14.4 Å². The summed E-state index contributed by atoms with van der Waals surface area (Å²) in [5.74, 6) is -2.01. The van der Waals surface area contributed by atoms with Crippen LogP contribution in [0, 0.1) is 5.92 Å². The molecule has 20 heavy (non-hydrogen) atoms. The molecule has 0 saturated carbocycles. The molecule has 1 aromatic heterocycles. The third kappa shape index (κ3) is 3.37. The van der Waals surface area contributed by atoms with E-state index in [1.54, 1.807) is 6.07 Å². The normalized spacial score (nSPS) is 18.6. The summed E-state index contributed by atoms with van der Waals surface area (Å²) in [6.45, 7) is 0.565. The molecule has 7 nitrogen and oxygen atoms in total. The Kier molecular flexibility index (Phi) is 4.39. The molecule has 0 spiro atoms. The number of carbonyl (C=O) groups excluding carboxylic acids is 2. The van der Waals surface area contributed by atoms with Gasteiger partial charge in [0.1, 0.15) is 0 Å². The molecule has 7 heteroatoms. The summed E-state index contributed by atoms with van der Waals surface area (Å²) >= 11 is 0. The Bertz CT molecular complexity index is 497. The predicted octanol–water partition coefficient (Wildman–Crippen LogP) is 0.333. The lowest BCUT2D eigenvalue weighted by Gasteiger charge is -2.30. The Labute approximate surface area is 115 Å². The van der Waals surface area contributed by atoms with Gasteiger partial charge in [0.15, 0.2) is 5.76 Å². The fourth-order valence-electron chi connectivity index (χ4n) is 2.17. The summed E-state index contributed by atoms with van der Waals surface area (Å²) < 4.78 is 4.91. The van der Waals surface area contributed by atoms with Gasteiger partial charge >= 0.3 is 5.97 Å². The number of likely N-dealkylation sites (tertiary alicyclic amines) is 1. The lowest BCUT2D eigenvalue weighted by atomic mass is 9.98. The van der Waals surface area contributed by atoms with Gasteiger partial charge in [-0.05, 0) is 25.0 Å². The topological polar surface area (TPSA) is 99.9 Å². The summed E-state index contributed by atoms with van der Waals surface area (Å²) in [6.07, 6.45) is 2.62. The zero-order valence-corrected chi connectivity index (χ0v) is 10.9. The van der Waals surface area contributed by atoms with E-state index < -0.39 is 17.8 Å². The molecular formula is C13H16N2O5. The monoisotopic (exact) mass is 280 g/mol. The van der Waals surface area contributed by atoms with Gasteiger partial charge in [-0.1, -0.05) is 0 Å². The van der Waals surface area contributed by atoms with Crippen LogP contribution in [0.1, 0.15) is 23.4 Å². The average molecular weight is 280 g/mol. The number of hydrogen-bond donors (Lipinski definition) is 2. The van der Waals surface area contributed by atoms with E-state index in [0.717, 1.165) is 0 Å². The van der Waals surface area contributed by atoms with Crippen LogP contribution in [0.2, 0.25) is 0 Å². The largest absolute Gasteiger partial charge is 0.481 e. The second kappa shape index (κ2) is 6.23. The van der Waals surface area contributed by atoms with E-state index in [9.17, 15) is 14.4 Å². The first-order valence-electron chi connectivity index (χ1n) is 6.40. The van der Waals surface area contributed by atoms with E-state index in [1.807, 2.05) is 0 Å². The van der Waals surface area contributed by atoms with Crippen molar-refractivity contribution in [2.24, 2.45) is 5.92 Å². The predicted molar refractivity (Wildman–Crippen MR) is 68.0 cm³/mol. The highest BCUT2D eigenvalue weighted by Gasteiger charge is 2.28. The van der Waals surface area contributed by atoms with Crippen LogP contribution in [-0.4, -0.2) is 47.4 Å². The van der Waals surface area contributed by atoms with Crippen molar-refractivity contribution in [3.63, 3.8) is 0 Å². The fourth-order valence-corrected chi connectivity index (χ4v) is 2.17. The smallest absolute Gasteiger partial charge is 0.308 e. The maximum absolute atomic E-state index is 11.9. The van der Waals surface area contributed by atoms with E-state index in [4.69, 9.17) is 9.52 Å². The van der Waals surface area contributed by atoms with Crippen molar-refractivity contribution in [3.05, 3.63) is 24.2 Å². The Morgan fingerprint density at radius 1 is 1.45 bits per heavy atom. The van der Waals surface area contributed by atoms with E-state index >= 15 is 0 Å². The van der Waals surface area contributed by atoms with Crippen molar-refractivity contribution < 1.29 is 23.9 Å². The molecule has 2 N–H and O–H groups in total.